The highest BCUT2D eigenvalue weighted by atomic mass is 16.2. The second kappa shape index (κ2) is 5.21. The minimum absolute atomic E-state index is 0.318. The van der Waals surface area contributed by atoms with Gasteiger partial charge in [-0.2, -0.15) is 0 Å². The molecule has 22 heavy (non-hydrogen) atoms. The smallest absolute Gasteiger partial charge is 0.316 e. The molecule has 2 heterocycles. The quantitative estimate of drug-likeness (QED) is 0.588. The Labute approximate surface area is 125 Å². The van der Waals surface area contributed by atoms with Gasteiger partial charge >= 0.3 is 6.03 Å². The number of hydrogen-bond acceptors (Lipinski definition) is 3. The number of aromatic amines is 1. The van der Waals surface area contributed by atoms with Gasteiger partial charge < -0.3 is 21.8 Å². The molecule has 0 unspecified atom stereocenters. The maximum absolute atomic E-state index is 11.7. The van der Waals surface area contributed by atoms with E-state index in [0.29, 0.717) is 16.9 Å². The van der Waals surface area contributed by atoms with E-state index in [1.54, 1.807) is 36.7 Å². The largest absolute Gasteiger partial charge is 0.364 e. The number of carbonyl (C=O) groups is 2. The molecule has 0 aliphatic carbocycles. The van der Waals surface area contributed by atoms with Gasteiger partial charge in [-0.3, -0.25) is 9.78 Å². The molecule has 0 fully saturated rings. The molecule has 3 aromatic rings. The van der Waals surface area contributed by atoms with E-state index in [-0.39, 0.29) is 0 Å². The standard InChI is InChI=1S/C15H13N5O2/c16-14(21)13-12(10-5-6-18-7-11(10)20-13)8-1-3-9(4-2-8)19-15(17)22/h1-7,20H,(H2,16,21)(H3,17,19,22). The average Bonchev–Trinajstić information content (AvgIpc) is 2.87. The topological polar surface area (TPSA) is 127 Å². The molecule has 7 heteroatoms. The molecule has 3 rings (SSSR count). The number of anilines is 1. The van der Waals surface area contributed by atoms with Crippen LogP contribution in [0, 0.1) is 0 Å². The molecule has 0 atom stereocenters. The van der Waals surface area contributed by atoms with Crippen LogP contribution < -0.4 is 16.8 Å². The lowest BCUT2D eigenvalue weighted by Gasteiger charge is -2.05. The highest BCUT2D eigenvalue weighted by molar-refractivity contribution is 6.09. The van der Waals surface area contributed by atoms with Crippen molar-refractivity contribution in [2.75, 3.05) is 5.32 Å². The molecule has 1 aromatic carbocycles. The number of nitrogens with zero attached hydrogens (tertiary/aromatic N) is 1. The van der Waals surface area contributed by atoms with Gasteiger partial charge in [0.25, 0.3) is 5.91 Å². The van der Waals surface area contributed by atoms with Gasteiger partial charge in [0.15, 0.2) is 0 Å². The molecule has 0 aliphatic rings. The van der Waals surface area contributed by atoms with Gasteiger partial charge in [-0.1, -0.05) is 12.1 Å². The van der Waals surface area contributed by atoms with E-state index in [0.717, 1.165) is 16.5 Å². The molecule has 110 valence electrons. The number of fused-ring (bicyclic) bond motifs is 1. The Morgan fingerprint density at radius 2 is 1.82 bits per heavy atom. The van der Waals surface area contributed by atoms with Crippen LogP contribution in [0.15, 0.2) is 42.7 Å². The van der Waals surface area contributed by atoms with Crippen LogP contribution in [0.1, 0.15) is 10.5 Å². The van der Waals surface area contributed by atoms with E-state index < -0.39 is 11.9 Å². The summed E-state index contributed by atoms with van der Waals surface area (Å²) in [6.07, 6.45) is 3.28. The van der Waals surface area contributed by atoms with Crippen molar-refractivity contribution >= 4 is 28.5 Å². The lowest BCUT2D eigenvalue weighted by Crippen LogP contribution is -2.19. The number of benzene rings is 1. The summed E-state index contributed by atoms with van der Waals surface area (Å²) in [5.74, 6) is -0.550. The van der Waals surface area contributed by atoms with Crippen LogP contribution in [0.4, 0.5) is 10.5 Å². The Hall–Kier alpha value is -3.35. The van der Waals surface area contributed by atoms with Crippen molar-refractivity contribution in [2.24, 2.45) is 11.5 Å². The van der Waals surface area contributed by atoms with Crippen LogP contribution in [0.5, 0.6) is 0 Å². The first-order chi connectivity index (χ1) is 10.6. The number of nitrogens with one attached hydrogen (secondary N) is 2. The molecule has 0 radical (unpaired) electrons. The summed E-state index contributed by atoms with van der Waals surface area (Å²) in [5.41, 5.74) is 13.6. The number of pyridine rings is 1. The van der Waals surface area contributed by atoms with E-state index >= 15 is 0 Å². The van der Waals surface area contributed by atoms with E-state index in [1.165, 1.54) is 0 Å². The van der Waals surface area contributed by atoms with Crippen LogP contribution in [-0.2, 0) is 0 Å². The van der Waals surface area contributed by atoms with Gasteiger partial charge in [0.05, 0.1) is 11.7 Å². The Balaban J connectivity index is 2.14. The van der Waals surface area contributed by atoms with Crippen molar-refractivity contribution in [1.82, 2.24) is 9.97 Å². The fourth-order valence-corrected chi connectivity index (χ4v) is 2.39. The molecular formula is C15H13N5O2. The third-order valence-corrected chi connectivity index (χ3v) is 3.29. The minimum Gasteiger partial charge on any atom is -0.364 e. The van der Waals surface area contributed by atoms with E-state index in [4.69, 9.17) is 11.5 Å². The van der Waals surface area contributed by atoms with Gasteiger partial charge in [-0.25, -0.2) is 4.79 Å². The molecule has 0 spiro atoms. The Kier molecular flexibility index (Phi) is 3.23. The fourth-order valence-electron chi connectivity index (χ4n) is 2.39. The van der Waals surface area contributed by atoms with E-state index in [9.17, 15) is 9.59 Å². The normalized spacial score (nSPS) is 10.5. The SMILES string of the molecule is NC(=O)Nc1ccc(-c2c(C(N)=O)[nH]c3cnccc23)cc1. The van der Waals surface area contributed by atoms with Crippen LogP contribution >= 0.6 is 0 Å². The van der Waals surface area contributed by atoms with Gasteiger partial charge in [0.2, 0.25) is 0 Å². The summed E-state index contributed by atoms with van der Waals surface area (Å²) in [5, 5.41) is 3.33. The zero-order chi connectivity index (χ0) is 15.7. The molecule has 7 nitrogen and oxygen atoms in total. The number of carbonyl (C=O) groups excluding carboxylic acids is 2. The summed E-state index contributed by atoms with van der Waals surface area (Å²) >= 11 is 0. The predicted molar refractivity (Wildman–Crippen MR) is 83.3 cm³/mol. The predicted octanol–water partition coefficient (Wildman–Crippen LogP) is 1.82. The Morgan fingerprint density at radius 3 is 2.45 bits per heavy atom. The molecule has 0 bridgehead atoms. The number of nitrogens with two attached hydrogens (primary N) is 2. The number of rotatable bonds is 3. The minimum atomic E-state index is -0.635. The lowest BCUT2D eigenvalue weighted by molar-refractivity contribution is 0.0997. The number of primary amides is 2. The lowest BCUT2D eigenvalue weighted by atomic mass is 10.0. The third kappa shape index (κ3) is 2.35. The number of amides is 3. The van der Waals surface area contributed by atoms with Crippen LogP contribution in [0.3, 0.4) is 0 Å². The molecule has 0 saturated carbocycles. The Morgan fingerprint density at radius 1 is 1.09 bits per heavy atom. The van der Waals surface area contributed by atoms with Crippen LogP contribution in [0.25, 0.3) is 22.0 Å². The van der Waals surface area contributed by atoms with Crippen molar-refractivity contribution in [1.29, 1.82) is 0 Å². The first-order valence-corrected chi connectivity index (χ1v) is 6.48. The molecule has 3 amide bonds. The van der Waals surface area contributed by atoms with Crippen molar-refractivity contribution in [3.63, 3.8) is 0 Å². The number of urea groups is 1. The van der Waals surface area contributed by atoms with Crippen molar-refractivity contribution in [3.8, 4) is 11.1 Å². The van der Waals surface area contributed by atoms with Gasteiger partial charge in [-0.05, 0) is 23.8 Å². The highest BCUT2D eigenvalue weighted by Crippen LogP contribution is 2.32. The molecular weight excluding hydrogens is 282 g/mol. The van der Waals surface area contributed by atoms with Crippen LogP contribution in [-0.4, -0.2) is 21.9 Å². The first-order valence-electron chi connectivity index (χ1n) is 6.48. The number of hydrogen-bond donors (Lipinski definition) is 4. The highest BCUT2D eigenvalue weighted by Gasteiger charge is 2.17. The number of H-pyrrole nitrogens is 1. The second-order valence-corrected chi connectivity index (χ2v) is 4.73. The van der Waals surface area contributed by atoms with E-state index in [1.807, 2.05) is 6.07 Å². The molecule has 6 N–H and O–H groups in total. The molecule has 0 aliphatic heterocycles. The van der Waals surface area contributed by atoms with Crippen LogP contribution in [0.2, 0.25) is 0 Å². The zero-order valence-corrected chi connectivity index (χ0v) is 11.5. The maximum atomic E-state index is 11.7. The van der Waals surface area contributed by atoms with E-state index in [2.05, 4.69) is 15.3 Å². The number of aromatic nitrogens is 2. The Bertz CT molecular complexity index is 867. The average molecular weight is 295 g/mol. The summed E-state index contributed by atoms with van der Waals surface area (Å²) in [6, 6.07) is 8.13. The summed E-state index contributed by atoms with van der Waals surface area (Å²) < 4.78 is 0. The summed E-state index contributed by atoms with van der Waals surface area (Å²) in [4.78, 5) is 29.5. The summed E-state index contributed by atoms with van der Waals surface area (Å²) in [6.45, 7) is 0. The van der Waals surface area contributed by atoms with Crippen molar-refractivity contribution in [3.05, 3.63) is 48.4 Å². The first kappa shape index (κ1) is 13.6. The van der Waals surface area contributed by atoms with Crippen molar-refractivity contribution < 1.29 is 9.59 Å². The van der Waals surface area contributed by atoms with Gasteiger partial charge in [0, 0.05) is 22.8 Å². The van der Waals surface area contributed by atoms with Gasteiger partial charge in [0.1, 0.15) is 5.69 Å². The maximum Gasteiger partial charge on any atom is 0.316 e. The van der Waals surface area contributed by atoms with Crippen molar-refractivity contribution in [2.45, 2.75) is 0 Å². The monoisotopic (exact) mass is 295 g/mol. The second-order valence-electron chi connectivity index (χ2n) is 4.73. The zero-order valence-electron chi connectivity index (χ0n) is 11.5. The van der Waals surface area contributed by atoms with Gasteiger partial charge in [-0.15, -0.1) is 0 Å². The third-order valence-electron chi connectivity index (χ3n) is 3.29. The molecule has 0 saturated heterocycles. The molecule has 2 aromatic heterocycles. The fraction of sp³-hybridized carbons (Fsp3) is 0. The summed E-state index contributed by atoms with van der Waals surface area (Å²) in [7, 11) is 0.